The van der Waals surface area contributed by atoms with E-state index in [1.54, 1.807) is 0 Å². The summed E-state index contributed by atoms with van der Waals surface area (Å²) in [6, 6.07) is 86.6. The third kappa shape index (κ3) is 5.91. The Kier molecular flexibility index (Phi) is 8.71. The van der Waals surface area contributed by atoms with E-state index in [0.29, 0.717) is 0 Å². The summed E-state index contributed by atoms with van der Waals surface area (Å²) in [5.74, 6) is 1.69. The molecular formula is C69H45NO2. The van der Waals surface area contributed by atoms with Gasteiger partial charge in [0.25, 0.3) is 0 Å². The lowest BCUT2D eigenvalue weighted by molar-refractivity contribution is 0.488. The van der Waals surface area contributed by atoms with Crippen molar-refractivity contribution in [3.63, 3.8) is 0 Å². The van der Waals surface area contributed by atoms with E-state index in [2.05, 4.69) is 249 Å². The fourth-order valence-electron chi connectivity index (χ4n) is 12.3. The van der Waals surface area contributed by atoms with Gasteiger partial charge in [-0.2, -0.15) is 0 Å². The minimum absolute atomic E-state index is 0.200. The van der Waals surface area contributed by atoms with Gasteiger partial charge >= 0.3 is 0 Å². The highest BCUT2D eigenvalue weighted by Crippen LogP contribution is 2.53. The fraction of sp³-hybridized carbons (Fsp3) is 0.0435. The van der Waals surface area contributed by atoms with Gasteiger partial charge in [-0.3, -0.25) is 0 Å². The number of anilines is 3. The van der Waals surface area contributed by atoms with Crippen LogP contribution in [0.1, 0.15) is 25.0 Å². The third-order valence-electron chi connectivity index (χ3n) is 15.7. The lowest BCUT2D eigenvalue weighted by Crippen LogP contribution is -2.16. The van der Waals surface area contributed by atoms with Gasteiger partial charge in [0.1, 0.15) is 22.7 Å². The molecule has 3 heteroatoms. The van der Waals surface area contributed by atoms with Crippen LogP contribution in [0.4, 0.5) is 17.1 Å². The van der Waals surface area contributed by atoms with Crippen molar-refractivity contribution in [1.82, 2.24) is 0 Å². The molecule has 338 valence electrons. The lowest BCUT2D eigenvalue weighted by Gasteiger charge is -2.29. The van der Waals surface area contributed by atoms with Crippen LogP contribution in [-0.2, 0) is 5.41 Å². The summed E-state index contributed by atoms with van der Waals surface area (Å²) in [4.78, 5) is 2.47. The van der Waals surface area contributed by atoms with E-state index < -0.39 is 0 Å². The number of nitrogens with zero attached hydrogens (tertiary/aromatic N) is 1. The van der Waals surface area contributed by atoms with Gasteiger partial charge in [0, 0.05) is 49.8 Å². The number of para-hydroxylation sites is 3. The summed E-state index contributed by atoms with van der Waals surface area (Å²) in [6.07, 6.45) is 0. The molecule has 0 radical (unpaired) electrons. The molecule has 0 fully saturated rings. The number of furan rings is 1. The van der Waals surface area contributed by atoms with E-state index in [1.807, 2.05) is 6.07 Å². The van der Waals surface area contributed by atoms with E-state index in [4.69, 9.17) is 9.15 Å². The second-order valence-electron chi connectivity index (χ2n) is 19.9. The van der Waals surface area contributed by atoms with Gasteiger partial charge in [-0.15, -0.1) is 0 Å². The molecule has 72 heavy (non-hydrogen) atoms. The highest BCUT2D eigenvalue weighted by Gasteiger charge is 2.36. The molecule has 0 atom stereocenters. The van der Waals surface area contributed by atoms with Crippen LogP contribution in [0.5, 0.6) is 11.5 Å². The van der Waals surface area contributed by atoms with Crippen molar-refractivity contribution in [3.05, 3.63) is 248 Å². The predicted octanol–water partition coefficient (Wildman–Crippen LogP) is 19.7. The first-order valence-electron chi connectivity index (χ1n) is 24.9. The van der Waals surface area contributed by atoms with Gasteiger partial charge in [0.2, 0.25) is 0 Å². The molecule has 1 aliphatic heterocycles. The molecule has 0 bridgehead atoms. The number of ether oxygens (including phenoxy) is 1. The van der Waals surface area contributed by atoms with Crippen molar-refractivity contribution < 1.29 is 9.15 Å². The number of benzene rings is 11. The van der Waals surface area contributed by atoms with Crippen LogP contribution in [-0.4, -0.2) is 0 Å². The van der Waals surface area contributed by atoms with Gasteiger partial charge in [-0.05, 0) is 143 Å². The summed E-state index contributed by atoms with van der Waals surface area (Å²) in [7, 11) is 0. The molecule has 0 amide bonds. The molecular weight excluding hydrogens is 875 g/mol. The Labute approximate surface area is 416 Å². The standard InChI is InChI=1S/C69H45NO2/c1-69(2)62-27-13-9-22-52(62)53-36-33-44(41-63(53)69)70(42-32-35-51-54-23-10-14-28-64(54)71-65-29-15-12-25-56(65)60(51)39-42)43-31-34-50-48-20-6-4-18-46(48)45-17-3-5-19-47(45)49-21-7-8-26-57(49)67-58(61(50)40-43)37-38-59-55-24-11-16-30-66(55)72-68(59)67/h3-41H,1-2H3. The van der Waals surface area contributed by atoms with Crippen LogP contribution in [0.15, 0.2) is 241 Å². The molecule has 0 N–H and O–H groups in total. The number of hydrogen-bond donors (Lipinski definition) is 0. The van der Waals surface area contributed by atoms with Crippen LogP contribution in [0.25, 0.3) is 109 Å². The number of fused-ring (bicyclic) bond motifs is 22. The Bertz CT molecular complexity index is 4540. The molecule has 2 aliphatic rings. The van der Waals surface area contributed by atoms with Crippen molar-refractivity contribution in [1.29, 1.82) is 0 Å². The minimum Gasteiger partial charge on any atom is -0.456 e. The molecule has 15 rings (SSSR count). The molecule has 12 aromatic carbocycles. The second kappa shape index (κ2) is 15.4. The zero-order valence-corrected chi connectivity index (χ0v) is 39.8. The first-order valence-corrected chi connectivity index (χ1v) is 24.9. The zero-order chi connectivity index (χ0) is 47.7. The van der Waals surface area contributed by atoms with Gasteiger partial charge in [0.05, 0.1) is 0 Å². The summed E-state index contributed by atoms with van der Waals surface area (Å²) in [6.45, 7) is 4.73. The average Bonchev–Trinajstić information content (AvgIpc) is 3.87. The Morgan fingerprint density at radius 3 is 1.44 bits per heavy atom. The number of rotatable bonds is 3. The Morgan fingerprint density at radius 2 is 0.750 bits per heavy atom. The molecule has 0 saturated heterocycles. The first kappa shape index (κ1) is 40.7. The fourth-order valence-corrected chi connectivity index (χ4v) is 12.3. The van der Waals surface area contributed by atoms with Crippen LogP contribution in [0, 0.1) is 0 Å². The van der Waals surface area contributed by atoms with E-state index >= 15 is 0 Å². The van der Waals surface area contributed by atoms with E-state index in [0.717, 1.165) is 105 Å². The van der Waals surface area contributed by atoms with Crippen molar-refractivity contribution in [2.45, 2.75) is 19.3 Å². The molecule has 1 aromatic heterocycles. The molecule has 0 unspecified atom stereocenters. The SMILES string of the molecule is CC1(C)c2ccccc2-c2ccc(N(c3ccc4c(c3)-c3ccccc3Oc3ccccc3-4)c3ccc4c5ccccc5c5ccccc5c5ccccc5c5c(ccc6c7ccccc7oc65)c4c3)cc21. The van der Waals surface area contributed by atoms with Crippen molar-refractivity contribution >= 4 is 92.9 Å². The maximum Gasteiger partial charge on any atom is 0.143 e. The van der Waals surface area contributed by atoms with Gasteiger partial charge in [0.15, 0.2) is 0 Å². The normalized spacial score (nSPS) is 13.1. The number of hydrogen-bond acceptors (Lipinski definition) is 3. The molecule has 13 aromatic rings. The van der Waals surface area contributed by atoms with Gasteiger partial charge in [-0.1, -0.05) is 190 Å². The molecule has 0 spiro atoms. The van der Waals surface area contributed by atoms with Crippen molar-refractivity contribution in [2.75, 3.05) is 4.90 Å². The first-order chi connectivity index (χ1) is 35.5. The maximum absolute atomic E-state index is 7.05. The topological polar surface area (TPSA) is 25.6 Å². The second-order valence-corrected chi connectivity index (χ2v) is 19.9. The summed E-state index contributed by atoms with van der Waals surface area (Å²) in [5, 5.41) is 13.7. The van der Waals surface area contributed by atoms with E-state index in [-0.39, 0.29) is 5.41 Å². The minimum atomic E-state index is -0.200. The highest BCUT2D eigenvalue weighted by molar-refractivity contribution is 6.31. The predicted molar refractivity (Wildman–Crippen MR) is 302 cm³/mol. The highest BCUT2D eigenvalue weighted by atomic mass is 16.5. The summed E-state index contributed by atoms with van der Waals surface area (Å²) >= 11 is 0. The third-order valence-corrected chi connectivity index (χ3v) is 15.7. The van der Waals surface area contributed by atoms with E-state index in [1.165, 1.54) is 43.8 Å². The van der Waals surface area contributed by atoms with Crippen molar-refractivity contribution in [3.8, 4) is 44.9 Å². The smallest absolute Gasteiger partial charge is 0.143 e. The molecule has 1 aliphatic carbocycles. The maximum atomic E-state index is 7.05. The van der Waals surface area contributed by atoms with Crippen LogP contribution < -0.4 is 9.64 Å². The van der Waals surface area contributed by atoms with E-state index in [9.17, 15) is 0 Å². The summed E-state index contributed by atoms with van der Waals surface area (Å²) < 4.78 is 13.7. The average molecular weight is 920 g/mol. The monoisotopic (exact) mass is 919 g/mol. The van der Waals surface area contributed by atoms with Gasteiger partial charge in [-0.25, -0.2) is 0 Å². The molecule has 3 nitrogen and oxygen atoms in total. The van der Waals surface area contributed by atoms with Crippen LogP contribution >= 0.6 is 0 Å². The molecule has 2 heterocycles. The van der Waals surface area contributed by atoms with Crippen LogP contribution in [0.3, 0.4) is 0 Å². The van der Waals surface area contributed by atoms with Crippen LogP contribution in [0.2, 0.25) is 0 Å². The van der Waals surface area contributed by atoms with Gasteiger partial charge < -0.3 is 14.1 Å². The quantitative estimate of drug-likeness (QED) is 0.177. The van der Waals surface area contributed by atoms with Crippen molar-refractivity contribution in [2.24, 2.45) is 0 Å². The zero-order valence-electron chi connectivity index (χ0n) is 39.8. The largest absolute Gasteiger partial charge is 0.456 e. The lowest BCUT2D eigenvalue weighted by atomic mass is 9.82. The molecule has 0 saturated carbocycles. The Hall–Kier alpha value is -9.18. The summed E-state index contributed by atoms with van der Waals surface area (Å²) in [5.41, 5.74) is 14.4. The Balaban J connectivity index is 1.10. The Morgan fingerprint density at radius 1 is 0.306 bits per heavy atom.